The molecule has 0 saturated carbocycles. The third-order valence-electron chi connectivity index (χ3n) is 5.13. The molecule has 2 bridgehead atoms. The highest BCUT2D eigenvalue weighted by molar-refractivity contribution is 6.32. The van der Waals surface area contributed by atoms with E-state index in [9.17, 15) is 9.59 Å². The summed E-state index contributed by atoms with van der Waals surface area (Å²) in [5.74, 6) is 1.62. The Kier molecular flexibility index (Phi) is 5.87. The molecule has 0 saturated heterocycles. The number of benzene rings is 1. The lowest BCUT2D eigenvalue weighted by Crippen LogP contribution is -2.32. The van der Waals surface area contributed by atoms with Crippen LogP contribution in [0, 0.1) is 0 Å². The Bertz CT molecular complexity index is 1040. The van der Waals surface area contributed by atoms with E-state index in [1.54, 1.807) is 36.3 Å². The van der Waals surface area contributed by atoms with E-state index in [0.29, 0.717) is 53.0 Å². The van der Waals surface area contributed by atoms with Gasteiger partial charge in [-0.05, 0) is 25.0 Å². The van der Waals surface area contributed by atoms with Crippen LogP contribution in [0.5, 0.6) is 11.5 Å². The summed E-state index contributed by atoms with van der Waals surface area (Å²) in [6.07, 6.45) is 4.66. The molecule has 0 atom stereocenters. The molecule has 1 aromatic carbocycles. The number of amides is 2. The number of anilines is 3. The summed E-state index contributed by atoms with van der Waals surface area (Å²) in [5, 5.41) is 9.17. The highest BCUT2D eigenvalue weighted by Gasteiger charge is 2.29. The van der Waals surface area contributed by atoms with Crippen molar-refractivity contribution >= 4 is 34.7 Å². The van der Waals surface area contributed by atoms with Crippen LogP contribution in [-0.4, -0.2) is 60.5 Å². The maximum absolute atomic E-state index is 12.5. The van der Waals surface area contributed by atoms with Crippen molar-refractivity contribution in [1.29, 1.82) is 0 Å². The molecule has 0 unspecified atom stereocenters. The van der Waals surface area contributed by atoms with Crippen molar-refractivity contribution < 1.29 is 19.1 Å². The van der Waals surface area contributed by atoms with Gasteiger partial charge in [-0.15, -0.1) is 0 Å². The van der Waals surface area contributed by atoms with Gasteiger partial charge >= 0.3 is 0 Å². The summed E-state index contributed by atoms with van der Waals surface area (Å²) in [5.41, 5.74) is 1.72. The smallest absolute Gasteiger partial charge is 0.260 e. The Morgan fingerprint density at radius 1 is 1.16 bits per heavy atom. The van der Waals surface area contributed by atoms with Crippen molar-refractivity contribution in [1.82, 2.24) is 14.9 Å². The average Bonchev–Trinajstić information content (AvgIpc) is 3.10. The van der Waals surface area contributed by atoms with Crippen molar-refractivity contribution in [3.63, 3.8) is 0 Å². The number of nitrogens with zero attached hydrogens (tertiary/aromatic N) is 3. The molecular weight excluding hydrogens is 400 g/mol. The summed E-state index contributed by atoms with van der Waals surface area (Å²) in [4.78, 5) is 35.1. The SMILES string of the molecule is COc1ccc2cc1OCC(=O)N(C)CCCCNc1ncnc3c1/C(=C/N2)C(=O)N3. The van der Waals surface area contributed by atoms with E-state index in [1.807, 2.05) is 0 Å². The van der Waals surface area contributed by atoms with Crippen LogP contribution < -0.4 is 25.4 Å². The number of rotatable bonds is 1. The van der Waals surface area contributed by atoms with Crippen molar-refractivity contribution in [3.05, 3.63) is 36.3 Å². The number of hydrogen-bond acceptors (Lipinski definition) is 8. The van der Waals surface area contributed by atoms with Crippen molar-refractivity contribution in [3.8, 4) is 11.5 Å². The first-order valence-corrected chi connectivity index (χ1v) is 9.99. The zero-order valence-electron chi connectivity index (χ0n) is 17.4. The highest BCUT2D eigenvalue weighted by atomic mass is 16.5. The van der Waals surface area contributed by atoms with Crippen LogP contribution in [0.15, 0.2) is 30.7 Å². The van der Waals surface area contributed by atoms with Gasteiger partial charge in [-0.25, -0.2) is 9.97 Å². The summed E-state index contributed by atoms with van der Waals surface area (Å²) >= 11 is 0. The monoisotopic (exact) mass is 424 g/mol. The zero-order valence-corrected chi connectivity index (χ0v) is 17.4. The molecule has 1 aromatic heterocycles. The van der Waals surface area contributed by atoms with Crippen LogP contribution in [0.25, 0.3) is 5.57 Å². The lowest BCUT2D eigenvalue weighted by Gasteiger charge is -2.18. The molecule has 3 N–H and O–H groups in total. The largest absolute Gasteiger partial charge is 0.493 e. The standard InChI is InChI=1S/C21H24N6O4/c1-27-8-4-3-7-22-19-18-14(21(29)26-20(18)25-12-24-19)10-23-13-5-6-15(30-2)16(9-13)31-11-17(27)28/h5-6,9-10,12,23H,3-4,7-8,11H2,1-2H3,(H2,22,24,25,26,29)/b14-10-. The van der Waals surface area contributed by atoms with Crippen molar-refractivity contribution in [2.45, 2.75) is 12.8 Å². The molecule has 162 valence electrons. The van der Waals surface area contributed by atoms with Crippen LogP contribution in [-0.2, 0) is 9.59 Å². The first kappa shape index (κ1) is 20.5. The summed E-state index contributed by atoms with van der Waals surface area (Å²) in [7, 11) is 3.29. The van der Waals surface area contributed by atoms with Crippen LogP contribution in [0.1, 0.15) is 18.4 Å². The molecule has 0 aliphatic carbocycles. The third-order valence-corrected chi connectivity index (χ3v) is 5.13. The molecule has 3 heterocycles. The van der Waals surface area contributed by atoms with E-state index in [-0.39, 0.29) is 18.4 Å². The first-order chi connectivity index (χ1) is 15.1. The average molecular weight is 424 g/mol. The first-order valence-electron chi connectivity index (χ1n) is 9.99. The van der Waals surface area contributed by atoms with Crippen LogP contribution >= 0.6 is 0 Å². The fourth-order valence-electron chi connectivity index (χ4n) is 3.39. The van der Waals surface area contributed by atoms with E-state index in [0.717, 1.165) is 12.8 Å². The van der Waals surface area contributed by atoms with Gasteiger partial charge in [-0.1, -0.05) is 0 Å². The molecule has 10 heteroatoms. The Hall–Kier alpha value is -3.82. The fraction of sp³-hybridized carbons (Fsp3) is 0.333. The Labute approximate surface area is 179 Å². The maximum atomic E-state index is 12.5. The molecule has 10 nitrogen and oxygen atoms in total. The molecule has 4 rings (SSSR count). The second kappa shape index (κ2) is 8.90. The topological polar surface area (TPSA) is 118 Å². The number of hydrogen-bond donors (Lipinski definition) is 3. The lowest BCUT2D eigenvalue weighted by molar-refractivity contribution is -0.132. The highest BCUT2D eigenvalue weighted by Crippen LogP contribution is 2.35. The van der Waals surface area contributed by atoms with E-state index in [2.05, 4.69) is 25.9 Å². The lowest BCUT2D eigenvalue weighted by atomic mass is 10.1. The van der Waals surface area contributed by atoms with Crippen molar-refractivity contribution in [2.24, 2.45) is 0 Å². The van der Waals surface area contributed by atoms with Gasteiger partial charge in [-0.2, -0.15) is 0 Å². The third kappa shape index (κ3) is 4.37. The van der Waals surface area contributed by atoms with Gasteiger partial charge < -0.3 is 30.3 Å². The van der Waals surface area contributed by atoms with Crippen LogP contribution in [0.3, 0.4) is 0 Å². The molecule has 2 aromatic rings. The van der Waals surface area contributed by atoms with Gasteiger partial charge in [-0.3, -0.25) is 9.59 Å². The maximum Gasteiger partial charge on any atom is 0.260 e. The Morgan fingerprint density at radius 2 is 2.00 bits per heavy atom. The predicted molar refractivity (Wildman–Crippen MR) is 116 cm³/mol. The predicted octanol–water partition coefficient (Wildman–Crippen LogP) is 1.93. The van der Waals surface area contributed by atoms with Crippen LogP contribution in [0.2, 0.25) is 0 Å². The minimum absolute atomic E-state index is 0.0948. The number of methoxy groups -OCH3 is 1. The van der Waals surface area contributed by atoms with Gasteiger partial charge in [0.1, 0.15) is 18.0 Å². The van der Waals surface area contributed by atoms with E-state index >= 15 is 0 Å². The molecule has 31 heavy (non-hydrogen) atoms. The quantitative estimate of drug-likeness (QED) is 0.636. The molecule has 2 aliphatic heterocycles. The molecule has 0 spiro atoms. The van der Waals surface area contributed by atoms with E-state index < -0.39 is 0 Å². The van der Waals surface area contributed by atoms with Gasteiger partial charge in [0, 0.05) is 38.1 Å². The molecule has 0 fully saturated rings. The molecule has 0 radical (unpaired) electrons. The Balaban J connectivity index is 1.69. The van der Waals surface area contributed by atoms with Gasteiger partial charge in [0.25, 0.3) is 11.8 Å². The number of carbonyl (C=O) groups is 2. The second-order valence-electron chi connectivity index (χ2n) is 7.21. The van der Waals surface area contributed by atoms with Gasteiger partial charge in [0.15, 0.2) is 18.1 Å². The number of fused-ring (bicyclic) bond motifs is 2. The summed E-state index contributed by atoms with van der Waals surface area (Å²) < 4.78 is 11.1. The van der Waals surface area contributed by atoms with E-state index in [4.69, 9.17) is 9.47 Å². The number of nitrogens with one attached hydrogen (secondary N) is 3. The number of ether oxygens (including phenoxy) is 2. The number of likely N-dealkylation sites (N-methyl/N-ethyl adjacent to an activating group) is 1. The molecular formula is C21H24N6O4. The Morgan fingerprint density at radius 3 is 2.84 bits per heavy atom. The summed E-state index contributed by atoms with van der Waals surface area (Å²) in [6, 6.07) is 5.24. The minimum atomic E-state index is -0.263. The summed E-state index contributed by atoms with van der Waals surface area (Å²) in [6.45, 7) is 1.16. The molecule has 2 amide bonds. The van der Waals surface area contributed by atoms with E-state index in [1.165, 1.54) is 13.4 Å². The van der Waals surface area contributed by atoms with Crippen LogP contribution in [0.4, 0.5) is 17.3 Å². The van der Waals surface area contributed by atoms with Gasteiger partial charge in [0.05, 0.1) is 18.2 Å². The zero-order chi connectivity index (χ0) is 21.8. The number of carbonyl (C=O) groups excluding carboxylic acids is 2. The number of aromatic nitrogens is 2. The molecule has 2 aliphatic rings. The minimum Gasteiger partial charge on any atom is -0.493 e. The van der Waals surface area contributed by atoms with Crippen molar-refractivity contribution in [2.75, 3.05) is 49.8 Å². The normalized spacial score (nSPS) is 18.4. The second-order valence-corrected chi connectivity index (χ2v) is 7.21. The fourth-order valence-corrected chi connectivity index (χ4v) is 3.39. The van der Waals surface area contributed by atoms with Gasteiger partial charge in [0.2, 0.25) is 0 Å².